The van der Waals surface area contributed by atoms with E-state index in [4.69, 9.17) is 30.9 Å². The molecule has 2 aromatic rings. The summed E-state index contributed by atoms with van der Waals surface area (Å²) in [6, 6.07) is 10.4. The second kappa shape index (κ2) is 7.74. The van der Waals surface area contributed by atoms with Gasteiger partial charge in [0.05, 0.1) is 17.7 Å². The quantitative estimate of drug-likeness (QED) is 0.779. The van der Waals surface area contributed by atoms with Crippen LogP contribution < -0.4 is 14.2 Å². The molecule has 6 heteroatoms. The van der Waals surface area contributed by atoms with E-state index in [9.17, 15) is 4.79 Å². The van der Waals surface area contributed by atoms with Gasteiger partial charge in [0.15, 0.2) is 11.5 Å². The molecule has 0 fully saturated rings. The van der Waals surface area contributed by atoms with Gasteiger partial charge in [-0.1, -0.05) is 23.7 Å². The highest BCUT2D eigenvalue weighted by atomic mass is 35.5. The molecular formula is C17H17ClO5. The van der Waals surface area contributed by atoms with Crippen LogP contribution in [0.5, 0.6) is 17.2 Å². The summed E-state index contributed by atoms with van der Waals surface area (Å²) >= 11 is 6.06. The van der Waals surface area contributed by atoms with Gasteiger partial charge in [0, 0.05) is 0 Å². The minimum atomic E-state index is -1.08. The van der Waals surface area contributed by atoms with Gasteiger partial charge >= 0.3 is 5.97 Å². The van der Waals surface area contributed by atoms with Crippen LogP contribution in [0.25, 0.3) is 0 Å². The lowest BCUT2D eigenvalue weighted by atomic mass is 10.2. The summed E-state index contributed by atoms with van der Waals surface area (Å²) in [6.07, 6.45) is 0. The van der Waals surface area contributed by atoms with Gasteiger partial charge in [0.1, 0.15) is 19.0 Å². The van der Waals surface area contributed by atoms with Gasteiger partial charge < -0.3 is 19.3 Å². The number of carbonyl (C=O) groups is 1. The number of halogens is 1. The minimum absolute atomic E-state index is 0.0372. The van der Waals surface area contributed by atoms with Crippen molar-refractivity contribution in [2.75, 3.05) is 20.3 Å². The van der Waals surface area contributed by atoms with Crippen molar-refractivity contribution in [3.05, 3.63) is 52.5 Å². The Bertz CT molecular complexity index is 699. The first-order chi connectivity index (χ1) is 11.0. The fraction of sp³-hybridized carbons (Fsp3) is 0.235. The second-order valence-corrected chi connectivity index (χ2v) is 5.22. The van der Waals surface area contributed by atoms with Gasteiger partial charge in [-0.15, -0.1) is 0 Å². The summed E-state index contributed by atoms with van der Waals surface area (Å²) in [6.45, 7) is 2.55. The van der Waals surface area contributed by atoms with Crippen LogP contribution in [-0.2, 0) is 0 Å². The lowest BCUT2D eigenvalue weighted by Crippen LogP contribution is -2.10. The molecule has 0 aromatic heterocycles. The molecule has 122 valence electrons. The van der Waals surface area contributed by atoms with Crippen LogP contribution in [0.4, 0.5) is 0 Å². The Morgan fingerprint density at radius 2 is 1.91 bits per heavy atom. The fourth-order valence-electron chi connectivity index (χ4n) is 1.99. The molecule has 0 saturated carbocycles. The van der Waals surface area contributed by atoms with Crippen LogP contribution in [0.1, 0.15) is 15.9 Å². The first-order valence-corrected chi connectivity index (χ1v) is 7.32. The van der Waals surface area contributed by atoms with Gasteiger partial charge in [-0.05, 0) is 36.8 Å². The number of rotatable bonds is 7. The zero-order valence-corrected chi connectivity index (χ0v) is 13.6. The fourth-order valence-corrected chi connectivity index (χ4v) is 2.26. The number of ether oxygens (including phenoxy) is 3. The average Bonchev–Trinajstić information content (AvgIpc) is 2.52. The lowest BCUT2D eigenvalue weighted by Gasteiger charge is -2.13. The highest BCUT2D eigenvalue weighted by Crippen LogP contribution is 2.36. The monoisotopic (exact) mass is 336 g/mol. The van der Waals surface area contributed by atoms with E-state index < -0.39 is 5.97 Å². The predicted molar refractivity (Wildman–Crippen MR) is 87.1 cm³/mol. The molecule has 0 amide bonds. The third-order valence-corrected chi connectivity index (χ3v) is 3.35. The molecule has 0 aliphatic heterocycles. The first kappa shape index (κ1) is 17.0. The van der Waals surface area contributed by atoms with Crippen molar-refractivity contribution in [1.29, 1.82) is 0 Å². The van der Waals surface area contributed by atoms with Crippen LogP contribution in [0.3, 0.4) is 0 Å². The van der Waals surface area contributed by atoms with Crippen molar-refractivity contribution < 1.29 is 24.1 Å². The molecule has 1 N–H and O–H groups in total. The van der Waals surface area contributed by atoms with Gasteiger partial charge in [-0.3, -0.25) is 0 Å². The highest BCUT2D eigenvalue weighted by molar-refractivity contribution is 6.32. The molecular weight excluding hydrogens is 320 g/mol. The van der Waals surface area contributed by atoms with E-state index in [1.165, 1.54) is 19.2 Å². The number of benzene rings is 2. The number of hydrogen-bond donors (Lipinski definition) is 1. The molecule has 0 aliphatic carbocycles. The standard InChI is InChI=1S/C17H17ClO5/c1-11-4-3-5-13(8-11)22-6-7-23-16-14(18)9-12(17(19)20)10-15(16)21-2/h3-5,8-10H,6-7H2,1-2H3,(H,19,20). The Kier molecular flexibility index (Phi) is 5.71. The minimum Gasteiger partial charge on any atom is -0.493 e. The van der Waals surface area contributed by atoms with Crippen LogP contribution in [0.2, 0.25) is 5.02 Å². The van der Waals surface area contributed by atoms with Crippen molar-refractivity contribution in [3.63, 3.8) is 0 Å². The van der Waals surface area contributed by atoms with Crippen LogP contribution in [0.15, 0.2) is 36.4 Å². The number of aryl methyl sites for hydroxylation is 1. The molecule has 2 rings (SSSR count). The van der Waals surface area contributed by atoms with Crippen molar-refractivity contribution in [2.45, 2.75) is 6.92 Å². The number of methoxy groups -OCH3 is 1. The van der Waals surface area contributed by atoms with Crippen molar-refractivity contribution in [2.24, 2.45) is 0 Å². The molecule has 0 spiro atoms. The van der Waals surface area contributed by atoms with E-state index in [1.807, 2.05) is 31.2 Å². The summed E-state index contributed by atoms with van der Waals surface area (Å²) in [5.41, 5.74) is 1.15. The largest absolute Gasteiger partial charge is 0.493 e. The zero-order valence-electron chi connectivity index (χ0n) is 12.8. The molecule has 0 bridgehead atoms. The van der Waals surface area contributed by atoms with E-state index in [0.717, 1.165) is 11.3 Å². The maximum atomic E-state index is 11.0. The van der Waals surface area contributed by atoms with Crippen LogP contribution in [0, 0.1) is 6.92 Å². The van der Waals surface area contributed by atoms with Gasteiger partial charge in [0.2, 0.25) is 0 Å². The Morgan fingerprint density at radius 3 is 2.57 bits per heavy atom. The van der Waals surface area contributed by atoms with E-state index in [0.29, 0.717) is 12.4 Å². The summed E-state index contributed by atoms with van der Waals surface area (Å²) < 4.78 is 16.3. The van der Waals surface area contributed by atoms with E-state index in [-0.39, 0.29) is 22.9 Å². The molecule has 0 unspecified atom stereocenters. The molecule has 0 radical (unpaired) electrons. The van der Waals surface area contributed by atoms with Gasteiger partial charge in [-0.2, -0.15) is 0 Å². The molecule has 5 nitrogen and oxygen atoms in total. The third kappa shape index (κ3) is 4.53. The number of carboxylic acid groups (broad SMARTS) is 1. The Balaban J connectivity index is 1.99. The maximum Gasteiger partial charge on any atom is 0.335 e. The Morgan fingerprint density at radius 1 is 1.17 bits per heavy atom. The lowest BCUT2D eigenvalue weighted by molar-refractivity contribution is 0.0696. The van der Waals surface area contributed by atoms with E-state index in [1.54, 1.807) is 0 Å². The third-order valence-electron chi connectivity index (χ3n) is 3.06. The average molecular weight is 337 g/mol. The normalized spacial score (nSPS) is 10.2. The summed E-state index contributed by atoms with van der Waals surface area (Å²) in [5, 5.41) is 9.19. The smallest absolute Gasteiger partial charge is 0.335 e. The van der Waals surface area contributed by atoms with Crippen LogP contribution >= 0.6 is 11.6 Å². The summed E-state index contributed by atoms with van der Waals surface area (Å²) in [7, 11) is 1.42. The first-order valence-electron chi connectivity index (χ1n) is 6.94. The van der Waals surface area contributed by atoms with Gasteiger partial charge in [-0.25, -0.2) is 4.79 Å². The summed E-state index contributed by atoms with van der Waals surface area (Å²) in [4.78, 5) is 11.0. The molecule has 0 heterocycles. The Hall–Kier alpha value is -2.40. The molecule has 0 atom stereocenters. The Labute approximate surface area is 139 Å². The van der Waals surface area contributed by atoms with E-state index >= 15 is 0 Å². The topological polar surface area (TPSA) is 65.0 Å². The SMILES string of the molecule is COc1cc(C(=O)O)cc(Cl)c1OCCOc1cccc(C)c1. The highest BCUT2D eigenvalue weighted by Gasteiger charge is 2.15. The number of hydrogen-bond acceptors (Lipinski definition) is 4. The van der Waals surface area contributed by atoms with E-state index in [2.05, 4.69) is 0 Å². The van der Waals surface area contributed by atoms with Crippen molar-refractivity contribution >= 4 is 17.6 Å². The zero-order chi connectivity index (χ0) is 16.8. The molecule has 0 aliphatic rings. The van der Waals surface area contributed by atoms with Crippen LogP contribution in [-0.4, -0.2) is 31.4 Å². The number of aromatic carboxylic acids is 1. The summed E-state index contributed by atoms with van der Waals surface area (Å²) in [5.74, 6) is 0.241. The molecule has 2 aromatic carbocycles. The second-order valence-electron chi connectivity index (χ2n) is 4.81. The van der Waals surface area contributed by atoms with Crippen molar-refractivity contribution in [1.82, 2.24) is 0 Å². The predicted octanol–water partition coefficient (Wildman–Crippen LogP) is 3.81. The molecule has 23 heavy (non-hydrogen) atoms. The van der Waals surface area contributed by atoms with Crippen molar-refractivity contribution in [3.8, 4) is 17.2 Å². The number of carboxylic acids is 1. The van der Waals surface area contributed by atoms with Gasteiger partial charge in [0.25, 0.3) is 0 Å². The molecule has 0 saturated heterocycles. The maximum absolute atomic E-state index is 11.0.